The molecule has 122 valence electrons. The Bertz CT molecular complexity index is 950. The second kappa shape index (κ2) is 6.78. The summed E-state index contributed by atoms with van der Waals surface area (Å²) in [7, 11) is 0. The molecule has 0 amide bonds. The number of fused-ring (bicyclic) bond motifs is 3. The summed E-state index contributed by atoms with van der Waals surface area (Å²) < 4.78 is 1.02. The summed E-state index contributed by atoms with van der Waals surface area (Å²) in [4.78, 5) is 7.33. The van der Waals surface area contributed by atoms with E-state index in [0.29, 0.717) is 0 Å². The fraction of sp³-hybridized carbons (Fsp3) is 0.190. The first-order valence-corrected chi connectivity index (χ1v) is 8.81. The van der Waals surface area contributed by atoms with E-state index in [9.17, 15) is 0 Å². The lowest BCUT2D eigenvalue weighted by molar-refractivity contribution is 0.591. The number of halogens is 1. The maximum Gasteiger partial charge on any atom is 0.0467 e. The quantitative estimate of drug-likeness (QED) is 0.372. The van der Waals surface area contributed by atoms with Gasteiger partial charge in [0.15, 0.2) is 0 Å². The Morgan fingerprint density at radius 2 is 1.62 bits per heavy atom. The van der Waals surface area contributed by atoms with Crippen LogP contribution >= 0.6 is 15.9 Å². The summed E-state index contributed by atoms with van der Waals surface area (Å²) >= 11 is 3.25. The molecule has 0 unspecified atom stereocenters. The molecule has 3 heteroatoms. The van der Waals surface area contributed by atoms with E-state index in [1.54, 1.807) is 12.4 Å². The van der Waals surface area contributed by atoms with Crippen molar-refractivity contribution in [3.05, 3.63) is 77.0 Å². The van der Waals surface area contributed by atoms with Gasteiger partial charge < -0.3 is 4.98 Å². The molecule has 2 nitrogen and oxygen atoms in total. The summed E-state index contributed by atoms with van der Waals surface area (Å²) in [5.41, 5.74) is 4.02. The van der Waals surface area contributed by atoms with Crippen LogP contribution in [0.5, 0.6) is 0 Å². The van der Waals surface area contributed by atoms with Crippen molar-refractivity contribution < 1.29 is 0 Å². The lowest BCUT2D eigenvalue weighted by Crippen LogP contribution is -2.10. The predicted molar refractivity (Wildman–Crippen MR) is 106 cm³/mol. The number of nitrogens with one attached hydrogen (secondary N) is 1. The Morgan fingerprint density at radius 1 is 0.875 bits per heavy atom. The fourth-order valence-corrected chi connectivity index (χ4v) is 2.93. The van der Waals surface area contributed by atoms with E-state index >= 15 is 0 Å². The number of benzene rings is 2. The van der Waals surface area contributed by atoms with Crippen LogP contribution in [-0.2, 0) is 5.41 Å². The molecule has 0 aliphatic rings. The summed E-state index contributed by atoms with van der Waals surface area (Å²) in [6.45, 7) is 6.74. The van der Waals surface area contributed by atoms with Gasteiger partial charge in [0, 0.05) is 38.7 Å². The van der Waals surface area contributed by atoms with Gasteiger partial charge >= 0.3 is 0 Å². The van der Waals surface area contributed by atoms with Crippen molar-refractivity contribution >= 4 is 37.7 Å². The first kappa shape index (κ1) is 16.7. The van der Waals surface area contributed by atoms with Crippen LogP contribution in [0.1, 0.15) is 26.3 Å². The van der Waals surface area contributed by atoms with Crippen molar-refractivity contribution in [2.24, 2.45) is 0 Å². The van der Waals surface area contributed by atoms with E-state index in [-0.39, 0.29) is 5.41 Å². The van der Waals surface area contributed by atoms with Crippen molar-refractivity contribution in [3.63, 3.8) is 0 Å². The Morgan fingerprint density at radius 3 is 2.25 bits per heavy atom. The van der Waals surface area contributed by atoms with Crippen LogP contribution < -0.4 is 0 Å². The van der Waals surface area contributed by atoms with Gasteiger partial charge in [-0.3, -0.25) is 4.98 Å². The molecule has 0 radical (unpaired) electrons. The van der Waals surface area contributed by atoms with Crippen LogP contribution in [-0.4, -0.2) is 9.97 Å². The number of pyridine rings is 1. The zero-order valence-corrected chi connectivity index (χ0v) is 15.8. The molecule has 2 heterocycles. The lowest BCUT2D eigenvalue weighted by atomic mass is 9.86. The molecule has 0 fully saturated rings. The number of para-hydroxylation sites is 1. The fourth-order valence-electron chi connectivity index (χ4n) is 2.66. The third kappa shape index (κ3) is 3.68. The number of aromatic amines is 1. The van der Waals surface area contributed by atoms with Crippen LogP contribution in [0.15, 0.2) is 71.5 Å². The second-order valence-electron chi connectivity index (χ2n) is 6.85. The van der Waals surface area contributed by atoms with Crippen LogP contribution in [0.25, 0.3) is 21.8 Å². The highest BCUT2D eigenvalue weighted by atomic mass is 79.9. The molecule has 0 saturated heterocycles. The highest BCUT2D eigenvalue weighted by Gasteiger charge is 2.14. The molecule has 0 spiro atoms. The van der Waals surface area contributed by atoms with Gasteiger partial charge in [-0.05, 0) is 51.2 Å². The topological polar surface area (TPSA) is 28.7 Å². The smallest absolute Gasteiger partial charge is 0.0467 e. The van der Waals surface area contributed by atoms with E-state index in [0.717, 1.165) is 4.47 Å². The predicted octanol–water partition coefficient (Wildman–Crippen LogP) is 6.46. The molecule has 0 aliphatic heterocycles. The molecule has 0 atom stereocenters. The summed E-state index contributed by atoms with van der Waals surface area (Å²) in [5, 5.41) is 2.62. The zero-order valence-electron chi connectivity index (χ0n) is 14.2. The van der Waals surface area contributed by atoms with Gasteiger partial charge in [-0.2, -0.15) is 0 Å². The minimum atomic E-state index is 0.200. The van der Waals surface area contributed by atoms with Gasteiger partial charge in [0.1, 0.15) is 0 Å². The average molecular weight is 381 g/mol. The Hall–Kier alpha value is -2.13. The van der Waals surface area contributed by atoms with E-state index < -0.39 is 0 Å². The average Bonchev–Trinajstić information content (AvgIpc) is 2.93. The molecule has 2 aromatic heterocycles. The SMILES string of the molecule is Brc1cccnc1.CC(C)(C)c1ccc2c(c1)[nH]c1ccccc12. The van der Waals surface area contributed by atoms with E-state index in [4.69, 9.17) is 0 Å². The number of hydrogen-bond donors (Lipinski definition) is 1. The van der Waals surface area contributed by atoms with Crippen molar-refractivity contribution in [1.29, 1.82) is 0 Å². The summed E-state index contributed by atoms with van der Waals surface area (Å²) in [5.74, 6) is 0. The monoisotopic (exact) mass is 380 g/mol. The van der Waals surface area contributed by atoms with Gasteiger partial charge in [-0.25, -0.2) is 0 Å². The molecular weight excluding hydrogens is 360 g/mol. The van der Waals surface area contributed by atoms with Gasteiger partial charge in [-0.15, -0.1) is 0 Å². The number of hydrogen-bond acceptors (Lipinski definition) is 1. The molecule has 0 bridgehead atoms. The van der Waals surface area contributed by atoms with Gasteiger partial charge in [-0.1, -0.05) is 51.1 Å². The molecule has 4 rings (SSSR count). The Kier molecular flexibility index (Phi) is 4.72. The number of H-pyrrole nitrogens is 1. The molecule has 4 aromatic rings. The first-order chi connectivity index (χ1) is 11.4. The normalized spacial score (nSPS) is 11.3. The first-order valence-electron chi connectivity index (χ1n) is 8.01. The van der Waals surface area contributed by atoms with Crippen molar-refractivity contribution in [2.45, 2.75) is 26.2 Å². The highest BCUT2D eigenvalue weighted by Crippen LogP contribution is 2.30. The Labute approximate surface area is 151 Å². The second-order valence-corrected chi connectivity index (χ2v) is 7.77. The lowest BCUT2D eigenvalue weighted by Gasteiger charge is -2.18. The number of aromatic nitrogens is 2. The summed E-state index contributed by atoms with van der Waals surface area (Å²) in [6.07, 6.45) is 3.49. The minimum absolute atomic E-state index is 0.200. The highest BCUT2D eigenvalue weighted by molar-refractivity contribution is 9.10. The van der Waals surface area contributed by atoms with Crippen molar-refractivity contribution in [2.75, 3.05) is 0 Å². The van der Waals surface area contributed by atoms with Gasteiger partial charge in [0.25, 0.3) is 0 Å². The van der Waals surface area contributed by atoms with Crippen LogP contribution in [0, 0.1) is 0 Å². The molecule has 24 heavy (non-hydrogen) atoms. The summed E-state index contributed by atoms with van der Waals surface area (Å²) in [6, 6.07) is 19.0. The standard InChI is InChI=1S/C16H17N.C5H4BrN/c1-16(2,3)11-8-9-13-12-6-4-5-7-14(12)17-15(13)10-11;6-5-2-1-3-7-4-5/h4-10,17H,1-3H3;1-4H. The largest absolute Gasteiger partial charge is 0.355 e. The van der Waals surface area contributed by atoms with Gasteiger partial charge in [0.05, 0.1) is 0 Å². The molecule has 1 N–H and O–H groups in total. The number of nitrogens with zero attached hydrogens (tertiary/aromatic N) is 1. The van der Waals surface area contributed by atoms with E-state index in [1.807, 2.05) is 12.1 Å². The van der Waals surface area contributed by atoms with Crippen molar-refractivity contribution in [1.82, 2.24) is 9.97 Å². The van der Waals surface area contributed by atoms with Crippen molar-refractivity contribution in [3.8, 4) is 0 Å². The third-order valence-corrected chi connectivity index (χ3v) is 4.47. The maximum absolute atomic E-state index is 3.84. The maximum atomic E-state index is 3.84. The molecule has 2 aromatic carbocycles. The van der Waals surface area contributed by atoms with E-state index in [1.165, 1.54) is 27.4 Å². The van der Waals surface area contributed by atoms with Crippen LogP contribution in [0.2, 0.25) is 0 Å². The zero-order chi connectivity index (χ0) is 17.2. The van der Waals surface area contributed by atoms with E-state index in [2.05, 4.69) is 89.1 Å². The molecular formula is C21H21BrN2. The molecule has 0 saturated carbocycles. The van der Waals surface area contributed by atoms with Crippen LogP contribution in [0.3, 0.4) is 0 Å². The van der Waals surface area contributed by atoms with Gasteiger partial charge in [0.2, 0.25) is 0 Å². The van der Waals surface area contributed by atoms with Crippen LogP contribution in [0.4, 0.5) is 0 Å². The Balaban J connectivity index is 0.000000203. The minimum Gasteiger partial charge on any atom is -0.355 e. The number of rotatable bonds is 0. The molecule has 0 aliphatic carbocycles. The third-order valence-electron chi connectivity index (χ3n) is 4.00.